The van der Waals surface area contributed by atoms with Crippen LogP contribution < -0.4 is 0 Å². The SMILES string of the molecule is Cc1cccc(-c2nc(-c3ccc4c(c3)C3(c5cc(-c6ccccc6)c(C#N)cc5-4)C4CC5CC(C4)CC3C5)nc(-c3ccc4cc5ccccc5cc4c3)n2)c1. The number of nitriles is 1. The summed E-state index contributed by atoms with van der Waals surface area (Å²) in [5.41, 5.74) is 12.3. The monoisotopic (exact) mass is 732 g/mol. The second-order valence-electron chi connectivity index (χ2n) is 17.3. The largest absolute Gasteiger partial charge is 0.208 e. The van der Waals surface area contributed by atoms with E-state index in [4.69, 9.17) is 15.0 Å². The predicted molar refractivity (Wildman–Crippen MR) is 229 cm³/mol. The van der Waals surface area contributed by atoms with Crippen molar-refractivity contribution < 1.29 is 0 Å². The number of rotatable bonds is 4. The Balaban J connectivity index is 1.06. The molecule has 8 aromatic rings. The van der Waals surface area contributed by atoms with Gasteiger partial charge in [0.25, 0.3) is 0 Å². The molecular formula is C53H40N4. The second kappa shape index (κ2) is 12.3. The Morgan fingerprint density at radius 2 is 1.05 bits per heavy atom. The molecule has 0 amide bonds. The fourth-order valence-electron chi connectivity index (χ4n) is 12.0. The lowest BCUT2D eigenvalue weighted by atomic mass is 9.43. The van der Waals surface area contributed by atoms with E-state index in [9.17, 15) is 5.26 Å². The average molecular weight is 733 g/mol. The zero-order valence-corrected chi connectivity index (χ0v) is 31.9. The third kappa shape index (κ3) is 4.95. The van der Waals surface area contributed by atoms with Gasteiger partial charge in [0.2, 0.25) is 0 Å². The lowest BCUT2D eigenvalue weighted by Gasteiger charge is -2.61. The number of nitrogens with zero attached hydrogens (tertiary/aromatic N) is 4. The third-order valence-electron chi connectivity index (χ3n) is 14.1. The summed E-state index contributed by atoms with van der Waals surface area (Å²) in [6.45, 7) is 2.11. The molecule has 4 bridgehead atoms. The number of aryl methyl sites for hydroxylation is 1. The van der Waals surface area contributed by atoms with Gasteiger partial charge < -0.3 is 0 Å². The van der Waals surface area contributed by atoms with Gasteiger partial charge in [-0.1, -0.05) is 103 Å². The van der Waals surface area contributed by atoms with Gasteiger partial charge in [-0.15, -0.1) is 0 Å². The lowest BCUT2D eigenvalue weighted by molar-refractivity contribution is -0.0399. The molecule has 0 saturated heterocycles. The van der Waals surface area contributed by atoms with Crippen molar-refractivity contribution >= 4 is 21.5 Å². The van der Waals surface area contributed by atoms with Crippen molar-refractivity contribution in [3.05, 3.63) is 162 Å². The van der Waals surface area contributed by atoms with Crippen LogP contribution in [-0.4, -0.2) is 15.0 Å². The normalized spacial score (nSPS) is 22.5. The summed E-state index contributed by atoms with van der Waals surface area (Å²) in [6.07, 6.45) is 6.51. The average Bonchev–Trinajstić information content (AvgIpc) is 3.53. The summed E-state index contributed by atoms with van der Waals surface area (Å²) in [7, 11) is 0. The standard InChI is InChI=1S/C53H40N4/c1-31-8-7-13-38(18-31)50-55-51(39-15-14-37-24-35-11-5-6-12-36(35)25-41(37)26-39)57-52(56-50)40-16-17-45-47-27-42(30-54)46(34-9-3-2-4-10-34)29-49(47)53(48(45)28-40)43-20-32-19-33(22-43)23-44(53)21-32/h2-18,24-29,32-33,43-44H,19-23H2,1H3. The van der Waals surface area contributed by atoms with Gasteiger partial charge in [0.15, 0.2) is 17.5 Å². The highest BCUT2D eigenvalue weighted by Gasteiger charge is 2.61. The van der Waals surface area contributed by atoms with E-state index >= 15 is 0 Å². The molecule has 0 N–H and O–H groups in total. The van der Waals surface area contributed by atoms with Gasteiger partial charge in [-0.3, -0.25) is 0 Å². The van der Waals surface area contributed by atoms with E-state index in [0.717, 1.165) is 50.6 Å². The fraction of sp³-hybridized carbons (Fsp3) is 0.208. The van der Waals surface area contributed by atoms with Gasteiger partial charge >= 0.3 is 0 Å². The summed E-state index contributed by atoms with van der Waals surface area (Å²) >= 11 is 0. The number of fused-ring (bicyclic) bond motifs is 5. The van der Waals surface area contributed by atoms with Gasteiger partial charge in [-0.05, 0) is 160 Å². The molecule has 1 heterocycles. The summed E-state index contributed by atoms with van der Waals surface area (Å²) in [6, 6.07) is 52.8. The van der Waals surface area contributed by atoms with Crippen molar-refractivity contribution in [3.8, 4) is 62.5 Å². The molecule has 4 saturated carbocycles. The first-order valence-corrected chi connectivity index (χ1v) is 20.6. The minimum atomic E-state index is -0.0953. The maximum atomic E-state index is 10.5. The first-order chi connectivity index (χ1) is 28.0. The highest BCUT2D eigenvalue weighted by molar-refractivity contribution is 5.99. The van der Waals surface area contributed by atoms with Gasteiger partial charge in [0.05, 0.1) is 11.6 Å². The van der Waals surface area contributed by atoms with Crippen LogP contribution in [0.4, 0.5) is 0 Å². The molecular weight excluding hydrogens is 693 g/mol. The van der Waals surface area contributed by atoms with Crippen LogP contribution in [0.3, 0.4) is 0 Å². The van der Waals surface area contributed by atoms with Crippen molar-refractivity contribution in [3.63, 3.8) is 0 Å². The highest BCUT2D eigenvalue weighted by Crippen LogP contribution is 2.70. The van der Waals surface area contributed by atoms with E-state index in [2.05, 4.69) is 153 Å². The van der Waals surface area contributed by atoms with Crippen LogP contribution in [0.2, 0.25) is 0 Å². The molecule has 4 heteroatoms. The molecule has 5 aliphatic carbocycles. The van der Waals surface area contributed by atoms with E-state index in [1.165, 1.54) is 76.1 Å². The Kier molecular flexibility index (Phi) is 7.06. The second-order valence-corrected chi connectivity index (χ2v) is 17.3. The van der Waals surface area contributed by atoms with Crippen LogP contribution >= 0.6 is 0 Å². The molecule has 0 unspecified atom stereocenters. The minimum Gasteiger partial charge on any atom is -0.208 e. The van der Waals surface area contributed by atoms with Gasteiger partial charge in [0, 0.05) is 22.1 Å². The first kappa shape index (κ1) is 32.8. The lowest BCUT2D eigenvalue weighted by Crippen LogP contribution is -2.55. The molecule has 4 fully saturated rings. The summed E-state index contributed by atoms with van der Waals surface area (Å²) < 4.78 is 0. The van der Waals surface area contributed by atoms with Crippen LogP contribution in [-0.2, 0) is 5.41 Å². The highest BCUT2D eigenvalue weighted by atomic mass is 15.0. The van der Waals surface area contributed by atoms with Crippen LogP contribution in [0.15, 0.2) is 140 Å². The molecule has 7 aromatic carbocycles. The smallest absolute Gasteiger partial charge is 0.164 e. The minimum absolute atomic E-state index is 0.0953. The van der Waals surface area contributed by atoms with Gasteiger partial charge in [-0.25, -0.2) is 15.0 Å². The Morgan fingerprint density at radius 3 is 1.74 bits per heavy atom. The predicted octanol–water partition coefficient (Wildman–Crippen LogP) is 12.7. The molecule has 4 nitrogen and oxygen atoms in total. The van der Waals surface area contributed by atoms with Crippen LogP contribution in [0.5, 0.6) is 0 Å². The number of benzene rings is 7. The van der Waals surface area contributed by atoms with E-state index < -0.39 is 0 Å². The molecule has 0 radical (unpaired) electrons. The fourth-order valence-corrected chi connectivity index (χ4v) is 12.0. The van der Waals surface area contributed by atoms with Crippen molar-refractivity contribution in [1.29, 1.82) is 5.26 Å². The molecule has 13 rings (SSSR count). The Labute approximate surface area is 332 Å². The number of hydrogen-bond acceptors (Lipinski definition) is 4. The summed E-state index contributed by atoms with van der Waals surface area (Å²) in [5.74, 6) is 4.84. The van der Waals surface area contributed by atoms with Gasteiger partial charge in [0.1, 0.15) is 0 Å². The Morgan fingerprint density at radius 1 is 0.474 bits per heavy atom. The first-order valence-electron chi connectivity index (χ1n) is 20.6. The third-order valence-corrected chi connectivity index (χ3v) is 14.1. The van der Waals surface area contributed by atoms with Crippen molar-refractivity contribution in [1.82, 2.24) is 15.0 Å². The summed E-state index contributed by atoms with van der Waals surface area (Å²) in [4.78, 5) is 15.7. The van der Waals surface area contributed by atoms with E-state index in [0.29, 0.717) is 29.3 Å². The van der Waals surface area contributed by atoms with E-state index in [1.54, 1.807) is 0 Å². The van der Waals surface area contributed by atoms with E-state index in [-0.39, 0.29) is 5.41 Å². The number of hydrogen-bond donors (Lipinski definition) is 0. The van der Waals surface area contributed by atoms with E-state index in [1.807, 2.05) is 0 Å². The topological polar surface area (TPSA) is 62.5 Å². The molecule has 5 aliphatic rings. The van der Waals surface area contributed by atoms with Crippen molar-refractivity contribution in [2.45, 2.75) is 44.4 Å². The van der Waals surface area contributed by atoms with Crippen LogP contribution in [0.25, 0.3) is 78.0 Å². The zero-order chi connectivity index (χ0) is 37.8. The molecule has 1 spiro atoms. The molecule has 272 valence electrons. The molecule has 57 heavy (non-hydrogen) atoms. The molecule has 0 atom stereocenters. The summed E-state index contributed by atoms with van der Waals surface area (Å²) in [5, 5.41) is 15.4. The Bertz CT molecular complexity index is 2980. The quantitative estimate of drug-likeness (QED) is 0.169. The van der Waals surface area contributed by atoms with Crippen molar-refractivity contribution in [2.24, 2.45) is 23.7 Å². The Hall–Kier alpha value is -6.44. The zero-order valence-electron chi connectivity index (χ0n) is 31.9. The maximum Gasteiger partial charge on any atom is 0.164 e. The van der Waals surface area contributed by atoms with Crippen LogP contribution in [0, 0.1) is 41.9 Å². The maximum absolute atomic E-state index is 10.5. The van der Waals surface area contributed by atoms with Crippen molar-refractivity contribution in [2.75, 3.05) is 0 Å². The van der Waals surface area contributed by atoms with Gasteiger partial charge in [-0.2, -0.15) is 5.26 Å². The molecule has 0 aliphatic heterocycles. The number of aromatic nitrogens is 3. The van der Waals surface area contributed by atoms with Crippen LogP contribution in [0.1, 0.15) is 54.4 Å². The molecule has 1 aromatic heterocycles.